The quantitative estimate of drug-likeness (QED) is 0.614. The first-order valence-corrected chi connectivity index (χ1v) is 10.9. The molecule has 2 N–H and O–H groups in total. The van der Waals surface area contributed by atoms with E-state index in [1.54, 1.807) is 24.3 Å². The first-order valence-electron chi connectivity index (χ1n) is 10.1. The highest BCUT2D eigenvalue weighted by Gasteiger charge is 2.35. The van der Waals surface area contributed by atoms with Gasteiger partial charge in [-0.3, -0.25) is 9.59 Å². The molecule has 1 saturated heterocycles. The van der Waals surface area contributed by atoms with Crippen molar-refractivity contribution >= 4 is 27.7 Å². The number of nitrogens with one attached hydrogen (secondary N) is 2. The maximum atomic E-state index is 12.4. The Morgan fingerprint density at radius 2 is 1.83 bits per heavy atom. The Bertz CT molecular complexity index is 864. The molecule has 2 aromatic carbocycles. The van der Waals surface area contributed by atoms with Crippen LogP contribution in [0.3, 0.4) is 0 Å². The second kappa shape index (κ2) is 10.6. The Balaban J connectivity index is 1.55. The molecule has 2 amide bonds. The number of hydrogen-bond acceptors (Lipinski definition) is 4. The molecule has 0 radical (unpaired) electrons. The number of benzene rings is 2. The molecule has 7 heteroatoms. The van der Waals surface area contributed by atoms with E-state index < -0.39 is 0 Å². The molecule has 2 aromatic rings. The fraction of sp³-hybridized carbons (Fsp3) is 0.391. The minimum atomic E-state index is -0.291. The van der Waals surface area contributed by atoms with Gasteiger partial charge >= 0.3 is 0 Å². The lowest BCUT2D eigenvalue weighted by Crippen LogP contribution is -2.47. The first-order chi connectivity index (χ1) is 14.5. The Morgan fingerprint density at radius 3 is 2.50 bits per heavy atom. The average Bonchev–Trinajstić information content (AvgIpc) is 2.77. The summed E-state index contributed by atoms with van der Waals surface area (Å²) in [5, 5.41) is 5.67. The van der Waals surface area contributed by atoms with E-state index in [-0.39, 0.29) is 23.8 Å². The number of halogens is 1. The molecule has 3 rings (SSSR count). The molecule has 30 heavy (non-hydrogen) atoms. The van der Waals surface area contributed by atoms with Crippen LogP contribution in [0.5, 0.6) is 5.75 Å². The predicted molar refractivity (Wildman–Crippen MR) is 119 cm³/mol. The molecule has 0 spiro atoms. The van der Waals surface area contributed by atoms with Gasteiger partial charge in [0.25, 0.3) is 5.91 Å². The summed E-state index contributed by atoms with van der Waals surface area (Å²) >= 11 is 3.54. The number of amides is 2. The molecule has 6 nitrogen and oxygen atoms in total. The van der Waals surface area contributed by atoms with Crippen molar-refractivity contribution in [3.63, 3.8) is 0 Å². The molecular weight excluding hydrogens is 448 g/mol. The summed E-state index contributed by atoms with van der Waals surface area (Å²) in [5.74, 6) is 0.206. The third-order valence-corrected chi connectivity index (χ3v) is 5.84. The van der Waals surface area contributed by atoms with E-state index in [2.05, 4.69) is 38.7 Å². The van der Waals surface area contributed by atoms with Crippen LogP contribution in [0, 0.1) is 0 Å². The van der Waals surface area contributed by atoms with E-state index in [0.717, 1.165) is 17.3 Å². The van der Waals surface area contributed by atoms with Gasteiger partial charge in [0.05, 0.1) is 13.2 Å². The summed E-state index contributed by atoms with van der Waals surface area (Å²) < 4.78 is 11.9. The second-order valence-corrected chi connectivity index (χ2v) is 8.24. The highest BCUT2D eigenvalue weighted by molar-refractivity contribution is 9.10. The van der Waals surface area contributed by atoms with Crippen molar-refractivity contribution in [3.8, 4) is 5.75 Å². The van der Waals surface area contributed by atoms with Gasteiger partial charge in [0.1, 0.15) is 5.75 Å². The lowest BCUT2D eigenvalue weighted by Gasteiger charge is -2.38. The zero-order valence-corrected chi connectivity index (χ0v) is 18.7. The Labute approximate surface area is 185 Å². The highest BCUT2D eigenvalue weighted by Crippen LogP contribution is 2.35. The summed E-state index contributed by atoms with van der Waals surface area (Å²) in [6, 6.07) is 15.0. The Hall–Kier alpha value is -2.38. The molecular formula is C23H27BrN2O4. The van der Waals surface area contributed by atoms with Crippen molar-refractivity contribution in [2.24, 2.45) is 0 Å². The van der Waals surface area contributed by atoms with Gasteiger partial charge in [0.15, 0.2) is 0 Å². The zero-order valence-electron chi connectivity index (χ0n) is 17.1. The number of carbonyl (C=O) groups excluding carboxylic acids is 2. The van der Waals surface area contributed by atoms with Crippen LogP contribution < -0.4 is 15.4 Å². The van der Waals surface area contributed by atoms with Gasteiger partial charge in [-0.15, -0.1) is 0 Å². The van der Waals surface area contributed by atoms with Gasteiger partial charge in [-0.2, -0.15) is 0 Å². The van der Waals surface area contributed by atoms with E-state index in [1.807, 2.05) is 19.1 Å². The van der Waals surface area contributed by atoms with Gasteiger partial charge in [0, 0.05) is 35.2 Å². The third kappa shape index (κ3) is 5.83. The maximum absolute atomic E-state index is 12.4. The van der Waals surface area contributed by atoms with Crippen LogP contribution in [-0.4, -0.2) is 44.7 Å². The molecule has 0 atom stereocenters. The van der Waals surface area contributed by atoms with Gasteiger partial charge in [0.2, 0.25) is 5.91 Å². The smallest absolute Gasteiger partial charge is 0.251 e. The summed E-state index contributed by atoms with van der Waals surface area (Å²) in [6.07, 6.45) is 1.67. The molecule has 0 aliphatic carbocycles. The number of hydrogen-bond donors (Lipinski definition) is 2. The van der Waals surface area contributed by atoms with E-state index in [1.165, 1.54) is 5.56 Å². The van der Waals surface area contributed by atoms with E-state index in [0.29, 0.717) is 37.7 Å². The summed E-state index contributed by atoms with van der Waals surface area (Å²) in [7, 11) is 0. The lowest BCUT2D eigenvalue weighted by molar-refractivity contribution is -0.120. The molecule has 1 aliphatic heterocycles. The monoisotopic (exact) mass is 474 g/mol. The second-order valence-electron chi connectivity index (χ2n) is 7.32. The molecule has 0 saturated carbocycles. The van der Waals surface area contributed by atoms with Crippen LogP contribution >= 0.6 is 15.9 Å². The van der Waals surface area contributed by atoms with Gasteiger partial charge in [-0.25, -0.2) is 0 Å². The number of ether oxygens (including phenoxy) is 2. The third-order valence-electron chi connectivity index (χ3n) is 5.35. The molecule has 0 unspecified atom stereocenters. The van der Waals surface area contributed by atoms with Crippen LogP contribution in [0.1, 0.15) is 35.7 Å². The molecule has 0 aromatic heterocycles. The lowest BCUT2D eigenvalue weighted by atomic mass is 9.74. The SMILES string of the molecule is CCOc1ccc(C(=O)NCC(=O)NCC2(c3cccc(Br)c3)CCOCC2)cc1. The van der Waals surface area contributed by atoms with Gasteiger partial charge < -0.3 is 20.1 Å². The number of carbonyl (C=O) groups is 2. The Kier molecular flexibility index (Phi) is 7.87. The first kappa shape index (κ1) is 22.3. The van der Waals surface area contributed by atoms with Crippen LogP contribution in [0.15, 0.2) is 53.0 Å². The van der Waals surface area contributed by atoms with Crippen molar-refractivity contribution in [3.05, 3.63) is 64.1 Å². The molecule has 1 aliphatic rings. The fourth-order valence-corrected chi connectivity index (χ4v) is 4.01. The van der Waals surface area contributed by atoms with Gasteiger partial charge in [-0.1, -0.05) is 28.1 Å². The van der Waals surface area contributed by atoms with Crippen LogP contribution in [0.2, 0.25) is 0 Å². The predicted octanol–water partition coefficient (Wildman–Crippen LogP) is 3.44. The minimum Gasteiger partial charge on any atom is -0.494 e. The summed E-state index contributed by atoms with van der Waals surface area (Å²) in [6.45, 7) is 4.23. The average molecular weight is 475 g/mol. The van der Waals surface area contributed by atoms with Crippen LogP contribution in [0.4, 0.5) is 0 Å². The molecule has 1 heterocycles. The largest absolute Gasteiger partial charge is 0.494 e. The highest BCUT2D eigenvalue weighted by atomic mass is 79.9. The maximum Gasteiger partial charge on any atom is 0.251 e. The molecule has 0 bridgehead atoms. The van der Waals surface area contributed by atoms with Gasteiger partial charge in [-0.05, 0) is 61.7 Å². The molecule has 160 valence electrons. The van der Waals surface area contributed by atoms with Crippen molar-refractivity contribution in [2.75, 3.05) is 32.9 Å². The minimum absolute atomic E-state index is 0.0723. The van der Waals surface area contributed by atoms with Crippen molar-refractivity contribution in [2.45, 2.75) is 25.2 Å². The molecule has 1 fully saturated rings. The summed E-state index contributed by atoms with van der Waals surface area (Å²) in [4.78, 5) is 24.7. The standard InChI is InChI=1S/C23H27BrN2O4/c1-2-30-20-8-6-17(7-9-20)22(28)25-15-21(27)26-16-23(10-12-29-13-11-23)18-4-3-5-19(24)14-18/h3-9,14H,2,10-13,15-16H2,1H3,(H,25,28)(H,26,27). The topological polar surface area (TPSA) is 76.7 Å². The Morgan fingerprint density at radius 1 is 1.10 bits per heavy atom. The van der Waals surface area contributed by atoms with Crippen molar-refractivity contribution in [1.82, 2.24) is 10.6 Å². The summed E-state index contributed by atoms with van der Waals surface area (Å²) in [5.41, 5.74) is 1.50. The van der Waals surface area contributed by atoms with E-state index in [4.69, 9.17) is 9.47 Å². The normalized spacial score (nSPS) is 15.3. The van der Waals surface area contributed by atoms with Crippen LogP contribution in [-0.2, 0) is 14.9 Å². The number of rotatable bonds is 8. The fourth-order valence-electron chi connectivity index (χ4n) is 3.61. The van der Waals surface area contributed by atoms with Crippen LogP contribution in [0.25, 0.3) is 0 Å². The van der Waals surface area contributed by atoms with E-state index in [9.17, 15) is 9.59 Å². The van der Waals surface area contributed by atoms with E-state index >= 15 is 0 Å². The zero-order chi connectivity index (χ0) is 21.4. The van der Waals surface area contributed by atoms with Crippen molar-refractivity contribution in [1.29, 1.82) is 0 Å². The van der Waals surface area contributed by atoms with Crippen molar-refractivity contribution < 1.29 is 19.1 Å².